The maximum atomic E-state index is 13.8. The highest BCUT2D eigenvalue weighted by Crippen LogP contribution is 2.20. The Hall–Kier alpha value is -2.51. The highest BCUT2D eigenvalue weighted by molar-refractivity contribution is 7.92. The summed E-state index contributed by atoms with van der Waals surface area (Å²) >= 11 is 0. The number of nitrogens with zero attached hydrogens (tertiary/aromatic N) is 1. The molecule has 0 spiro atoms. The summed E-state index contributed by atoms with van der Waals surface area (Å²) < 4.78 is 40.7. The molecule has 0 saturated carbocycles. The molecule has 0 atom stereocenters. The Kier molecular flexibility index (Phi) is 6.59. The van der Waals surface area contributed by atoms with Crippen LogP contribution in [0.2, 0.25) is 0 Å². The van der Waals surface area contributed by atoms with Crippen molar-refractivity contribution in [2.45, 2.75) is 12.8 Å². The number of hydrogen-bond acceptors (Lipinski definition) is 3. The Bertz CT molecular complexity index is 937. The maximum absolute atomic E-state index is 13.8. The van der Waals surface area contributed by atoms with Crippen molar-refractivity contribution >= 4 is 22.0 Å². The molecular formula is C21H23FN2O3S. The number of rotatable bonds is 6. The fraction of sp³-hybridized carbons (Fsp3) is 0.286. The van der Waals surface area contributed by atoms with Crippen LogP contribution >= 0.6 is 0 Å². The zero-order valence-electron chi connectivity index (χ0n) is 15.4. The third-order valence-electron chi connectivity index (χ3n) is 4.82. The third kappa shape index (κ3) is 5.50. The summed E-state index contributed by atoms with van der Waals surface area (Å²) in [6.07, 6.45) is 2.90. The fourth-order valence-electron chi connectivity index (χ4n) is 3.16. The van der Waals surface area contributed by atoms with Crippen LogP contribution in [-0.2, 0) is 10.0 Å². The SMILES string of the molecule is O=C(c1ccccc1F)N1CCC(CNS(=O)(=O)/C=C/c2ccccc2)CC1. The van der Waals surface area contributed by atoms with Gasteiger partial charge in [-0.05, 0) is 42.5 Å². The molecule has 1 amide bonds. The number of hydrogen-bond donors (Lipinski definition) is 1. The fourth-order valence-corrected chi connectivity index (χ4v) is 4.06. The number of piperidine rings is 1. The number of carbonyl (C=O) groups excluding carboxylic acids is 1. The Balaban J connectivity index is 1.48. The van der Waals surface area contributed by atoms with Gasteiger partial charge in [0.2, 0.25) is 10.0 Å². The van der Waals surface area contributed by atoms with Gasteiger partial charge in [0.15, 0.2) is 0 Å². The standard InChI is InChI=1S/C21H23FN2O3S/c22-20-9-5-4-8-19(20)21(25)24-13-10-18(11-14-24)16-23-28(26,27)15-12-17-6-2-1-3-7-17/h1-9,12,15,18,23H,10-11,13-14,16H2/b15-12+. The average Bonchev–Trinajstić information content (AvgIpc) is 2.72. The van der Waals surface area contributed by atoms with E-state index in [0.717, 1.165) is 5.56 Å². The van der Waals surface area contributed by atoms with Gasteiger partial charge in [-0.3, -0.25) is 4.79 Å². The minimum absolute atomic E-state index is 0.0766. The highest BCUT2D eigenvalue weighted by atomic mass is 32.2. The second kappa shape index (κ2) is 9.12. The molecular weight excluding hydrogens is 379 g/mol. The lowest BCUT2D eigenvalue weighted by Crippen LogP contribution is -2.41. The van der Waals surface area contributed by atoms with Crippen molar-refractivity contribution in [3.8, 4) is 0 Å². The lowest BCUT2D eigenvalue weighted by atomic mass is 9.96. The molecule has 0 bridgehead atoms. The lowest BCUT2D eigenvalue weighted by molar-refractivity contribution is 0.0687. The van der Waals surface area contributed by atoms with Gasteiger partial charge < -0.3 is 4.90 Å². The number of benzene rings is 2. The lowest BCUT2D eigenvalue weighted by Gasteiger charge is -2.32. The van der Waals surface area contributed by atoms with Gasteiger partial charge in [0.1, 0.15) is 5.82 Å². The number of halogens is 1. The summed E-state index contributed by atoms with van der Waals surface area (Å²) in [5, 5.41) is 1.17. The van der Waals surface area contributed by atoms with Crippen LogP contribution in [0.3, 0.4) is 0 Å². The summed E-state index contributed by atoms with van der Waals surface area (Å²) in [6.45, 7) is 1.29. The number of sulfonamides is 1. The van der Waals surface area contributed by atoms with Crippen molar-refractivity contribution in [3.05, 3.63) is 76.9 Å². The molecule has 0 unspecified atom stereocenters. The topological polar surface area (TPSA) is 66.5 Å². The van der Waals surface area contributed by atoms with Gasteiger partial charge in [0.05, 0.1) is 5.56 Å². The van der Waals surface area contributed by atoms with Gasteiger partial charge in [0, 0.05) is 25.0 Å². The smallest absolute Gasteiger partial charge is 0.256 e. The molecule has 1 aliphatic rings. The van der Waals surface area contributed by atoms with Gasteiger partial charge in [0.25, 0.3) is 5.91 Å². The predicted octanol–water partition coefficient (Wildman–Crippen LogP) is 3.27. The average molecular weight is 402 g/mol. The molecule has 2 aromatic carbocycles. The number of amides is 1. The summed E-state index contributed by atoms with van der Waals surface area (Å²) in [6, 6.07) is 15.2. The van der Waals surface area contributed by atoms with Crippen molar-refractivity contribution < 1.29 is 17.6 Å². The van der Waals surface area contributed by atoms with Crippen LogP contribution in [0.25, 0.3) is 6.08 Å². The number of likely N-dealkylation sites (tertiary alicyclic amines) is 1. The van der Waals surface area contributed by atoms with Crippen LogP contribution in [0.5, 0.6) is 0 Å². The van der Waals surface area contributed by atoms with Crippen LogP contribution in [0.1, 0.15) is 28.8 Å². The Labute approximate surface area is 164 Å². The maximum Gasteiger partial charge on any atom is 0.256 e. The van der Waals surface area contributed by atoms with Crippen molar-refractivity contribution in [1.82, 2.24) is 9.62 Å². The van der Waals surface area contributed by atoms with Gasteiger partial charge >= 0.3 is 0 Å². The minimum Gasteiger partial charge on any atom is -0.339 e. The molecule has 1 aliphatic heterocycles. The molecule has 2 aromatic rings. The van der Waals surface area contributed by atoms with Crippen molar-refractivity contribution in [1.29, 1.82) is 0 Å². The molecule has 1 fully saturated rings. The van der Waals surface area contributed by atoms with E-state index in [1.807, 2.05) is 30.3 Å². The van der Waals surface area contributed by atoms with Gasteiger partial charge in [-0.15, -0.1) is 0 Å². The van der Waals surface area contributed by atoms with E-state index in [2.05, 4.69) is 4.72 Å². The first-order chi connectivity index (χ1) is 13.4. The van der Waals surface area contributed by atoms with Gasteiger partial charge in [-0.25, -0.2) is 17.5 Å². The van der Waals surface area contributed by atoms with Crippen molar-refractivity contribution in [2.24, 2.45) is 5.92 Å². The van der Waals surface area contributed by atoms with E-state index < -0.39 is 15.8 Å². The highest BCUT2D eigenvalue weighted by Gasteiger charge is 2.25. The molecule has 0 aromatic heterocycles. The monoisotopic (exact) mass is 402 g/mol. The van der Waals surface area contributed by atoms with E-state index >= 15 is 0 Å². The van der Waals surface area contributed by atoms with Crippen molar-refractivity contribution in [2.75, 3.05) is 19.6 Å². The second-order valence-corrected chi connectivity index (χ2v) is 8.47. The summed E-state index contributed by atoms with van der Waals surface area (Å²) in [4.78, 5) is 14.1. The Morgan fingerprint density at radius 2 is 1.71 bits per heavy atom. The number of nitrogens with one attached hydrogen (secondary N) is 1. The molecule has 3 rings (SSSR count). The molecule has 1 N–H and O–H groups in total. The quantitative estimate of drug-likeness (QED) is 0.807. The molecule has 0 aliphatic carbocycles. The van der Waals surface area contributed by atoms with E-state index in [-0.39, 0.29) is 17.4 Å². The minimum atomic E-state index is -3.52. The normalized spacial score (nSPS) is 15.8. The number of carbonyl (C=O) groups is 1. The molecule has 1 saturated heterocycles. The van der Waals surface area contributed by atoms with Crippen LogP contribution in [0.4, 0.5) is 4.39 Å². The summed E-state index contributed by atoms with van der Waals surface area (Å²) in [5.41, 5.74) is 0.889. The molecule has 28 heavy (non-hydrogen) atoms. The van der Waals surface area contributed by atoms with Crippen LogP contribution in [-0.4, -0.2) is 38.9 Å². The Morgan fingerprint density at radius 3 is 2.39 bits per heavy atom. The van der Waals surface area contributed by atoms with E-state index in [9.17, 15) is 17.6 Å². The summed E-state index contributed by atoms with van der Waals surface area (Å²) in [5.74, 6) is -0.694. The molecule has 1 heterocycles. The largest absolute Gasteiger partial charge is 0.339 e. The zero-order chi connectivity index (χ0) is 20.0. The third-order valence-corrected chi connectivity index (χ3v) is 5.88. The van der Waals surface area contributed by atoms with E-state index in [1.54, 1.807) is 23.1 Å². The van der Waals surface area contributed by atoms with Crippen LogP contribution in [0, 0.1) is 11.7 Å². The molecule has 0 radical (unpaired) electrons. The van der Waals surface area contributed by atoms with Crippen LogP contribution < -0.4 is 4.72 Å². The van der Waals surface area contributed by atoms with E-state index in [1.165, 1.54) is 17.5 Å². The summed E-state index contributed by atoms with van der Waals surface area (Å²) in [7, 11) is -3.52. The first-order valence-corrected chi connectivity index (χ1v) is 10.8. The van der Waals surface area contributed by atoms with Gasteiger partial charge in [-0.2, -0.15) is 0 Å². The zero-order valence-corrected chi connectivity index (χ0v) is 16.2. The van der Waals surface area contributed by atoms with Crippen molar-refractivity contribution in [3.63, 3.8) is 0 Å². The molecule has 5 nitrogen and oxygen atoms in total. The first-order valence-electron chi connectivity index (χ1n) is 9.21. The first kappa shape index (κ1) is 20.2. The predicted molar refractivity (Wildman–Crippen MR) is 107 cm³/mol. The van der Waals surface area contributed by atoms with E-state index in [0.29, 0.717) is 32.5 Å². The van der Waals surface area contributed by atoms with E-state index in [4.69, 9.17) is 0 Å². The van der Waals surface area contributed by atoms with Crippen LogP contribution in [0.15, 0.2) is 60.0 Å². The van der Waals surface area contributed by atoms with Gasteiger partial charge in [-0.1, -0.05) is 42.5 Å². The second-order valence-electron chi connectivity index (χ2n) is 6.82. The molecule has 7 heteroatoms. The Morgan fingerprint density at radius 1 is 1.07 bits per heavy atom. The molecule has 148 valence electrons.